The molecule has 1 amide bonds. The first-order valence-electron chi connectivity index (χ1n) is 8.96. The van der Waals surface area contributed by atoms with Gasteiger partial charge in [0, 0.05) is 18.8 Å². The highest BCUT2D eigenvalue weighted by Crippen LogP contribution is 2.35. The van der Waals surface area contributed by atoms with Crippen LogP contribution in [-0.4, -0.2) is 37.0 Å². The van der Waals surface area contributed by atoms with Crippen LogP contribution in [0.4, 0.5) is 5.69 Å². The van der Waals surface area contributed by atoms with E-state index in [0.717, 1.165) is 5.56 Å². The largest absolute Gasteiger partial charge is 0.495 e. The first kappa shape index (κ1) is 20.6. The number of carbonyl (C=O) groups is 1. The molecule has 28 heavy (non-hydrogen) atoms. The zero-order valence-electron chi connectivity index (χ0n) is 15.8. The lowest BCUT2D eigenvalue weighted by atomic mass is 10.0. The normalized spacial score (nSPS) is 21.8. The Labute approximate surface area is 170 Å². The van der Waals surface area contributed by atoms with E-state index in [1.54, 1.807) is 18.2 Å². The van der Waals surface area contributed by atoms with Crippen molar-refractivity contribution in [3.8, 4) is 5.75 Å². The van der Waals surface area contributed by atoms with Crippen LogP contribution in [0.5, 0.6) is 5.75 Å². The van der Waals surface area contributed by atoms with Crippen LogP contribution >= 0.6 is 11.6 Å². The summed E-state index contributed by atoms with van der Waals surface area (Å²) in [6.07, 6.45) is 0.871. The van der Waals surface area contributed by atoms with Gasteiger partial charge < -0.3 is 10.1 Å². The van der Waals surface area contributed by atoms with Gasteiger partial charge in [-0.3, -0.25) is 4.79 Å². The number of ether oxygens (including phenoxy) is 1. The van der Waals surface area contributed by atoms with Gasteiger partial charge in [0.2, 0.25) is 15.9 Å². The van der Waals surface area contributed by atoms with E-state index < -0.39 is 20.7 Å². The number of nitrogens with zero attached hydrogens (tertiary/aromatic N) is 1. The molecule has 1 atom stereocenters. The number of rotatable bonds is 5. The van der Waals surface area contributed by atoms with Gasteiger partial charge in [0.1, 0.15) is 5.75 Å². The molecular formula is C20H23ClN2O4S. The minimum Gasteiger partial charge on any atom is -0.495 e. The molecule has 2 aromatic rings. The highest BCUT2D eigenvalue weighted by molar-refractivity contribution is 7.91. The average Bonchev–Trinajstić information content (AvgIpc) is 2.67. The Kier molecular flexibility index (Phi) is 5.98. The lowest BCUT2D eigenvalue weighted by Gasteiger charge is -2.38. The van der Waals surface area contributed by atoms with Gasteiger partial charge in [-0.1, -0.05) is 41.9 Å². The predicted molar refractivity (Wildman–Crippen MR) is 110 cm³/mol. The summed E-state index contributed by atoms with van der Waals surface area (Å²) in [6, 6.07) is 14.2. The standard InChI is InChI=1S/C20H23ClN2O4S/c1-20(19(24)22-16-9-10-18(27-2)17(21)13-16)11-6-12-23(28(20,25)26)14-15-7-4-3-5-8-15/h3-5,7-10,13H,6,11-12,14H2,1-2H3,(H,22,24)/t20-/m0/s1. The molecule has 6 nitrogen and oxygen atoms in total. The van der Waals surface area contributed by atoms with Crippen LogP contribution in [0.25, 0.3) is 0 Å². The summed E-state index contributed by atoms with van der Waals surface area (Å²) >= 11 is 6.10. The summed E-state index contributed by atoms with van der Waals surface area (Å²) in [4.78, 5) is 13.0. The fraction of sp³-hybridized carbons (Fsp3) is 0.350. The molecule has 0 aliphatic carbocycles. The molecule has 0 radical (unpaired) electrons. The zero-order valence-corrected chi connectivity index (χ0v) is 17.4. The van der Waals surface area contributed by atoms with Crippen molar-refractivity contribution >= 4 is 33.2 Å². The summed E-state index contributed by atoms with van der Waals surface area (Å²) in [5.41, 5.74) is 1.31. The van der Waals surface area contributed by atoms with Gasteiger partial charge in [-0.15, -0.1) is 0 Å². The first-order valence-corrected chi connectivity index (χ1v) is 10.8. The third-order valence-corrected chi connectivity index (χ3v) is 7.88. The van der Waals surface area contributed by atoms with Crippen LogP contribution in [0, 0.1) is 0 Å². The smallest absolute Gasteiger partial charge is 0.246 e. The molecule has 1 fully saturated rings. The van der Waals surface area contributed by atoms with E-state index in [0.29, 0.717) is 29.4 Å². The van der Waals surface area contributed by atoms with Crippen molar-refractivity contribution in [2.24, 2.45) is 0 Å². The second-order valence-electron chi connectivity index (χ2n) is 6.96. The highest BCUT2D eigenvalue weighted by Gasteiger charge is 2.51. The van der Waals surface area contributed by atoms with E-state index in [4.69, 9.17) is 16.3 Å². The Morgan fingerprint density at radius 2 is 1.96 bits per heavy atom. The molecular weight excluding hydrogens is 400 g/mol. The summed E-state index contributed by atoms with van der Waals surface area (Å²) in [5, 5.41) is 3.04. The van der Waals surface area contributed by atoms with E-state index in [2.05, 4.69) is 5.32 Å². The fourth-order valence-electron chi connectivity index (χ4n) is 3.32. The Morgan fingerprint density at radius 1 is 1.25 bits per heavy atom. The van der Waals surface area contributed by atoms with E-state index in [9.17, 15) is 13.2 Å². The maximum Gasteiger partial charge on any atom is 0.246 e. The fourth-order valence-corrected chi connectivity index (χ4v) is 5.52. The van der Waals surface area contributed by atoms with Crippen molar-refractivity contribution in [1.29, 1.82) is 0 Å². The summed E-state index contributed by atoms with van der Waals surface area (Å²) < 4.78 is 31.5. The minimum absolute atomic E-state index is 0.250. The number of anilines is 1. The number of methoxy groups -OCH3 is 1. The van der Waals surface area contributed by atoms with Crippen molar-refractivity contribution in [2.45, 2.75) is 31.1 Å². The SMILES string of the molecule is COc1ccc(NC(=O)[C@]2(C)CCCN(Cc3ccccc3)S2(=O)=O)cc1Cl. The molecule has 0 spiro atoms. The number of benzene rings is 2. The van der Waals surface area contributed by atoms with Crippen molar-refractivity contribution in [3.05, 3.63) is 59.1 Å². The molecule has 150 valence electrons. The van der Waals surface area contributed by atoms with Crippen LogP contribution < -0.4 is 10.1 Å². The zero-order chi connectivity index (χ0) is 20.4. The van der Waals surface area contributed by atoms with E-state index >= 15 is 0 Å². The molecule has 0 aromatic heterocycles. The van der Waals surface area contributed by atoms with Crippen molar-refractivity contribution in [2.75, 3.05) is 19.0 Å². The van der Waals surface area contributed by atoms with Gasteiger partial charge in [-0.25, -0.2) is 8.42 Å². The lowest BCUT2D eigenvalue weighted by molar-refractivity contribution is -0.118. The topological polar surface area (TPSA) is 75.7 Å². The molecule has 1 N–H and O–H groups in total. The summed E-state index contributed by atoms with van der Waals surface area (Å²) in [5.74, 6) is -0.0864. The Balaban J connectivity index is 1.82. The Hall–Kier alpha value is -2.09. The van der Waals surface area contributed by atoms with Gasteiger partial charge in [0.15, 0.2) is 4.75 Å². The predicted octanol–water partition coefficient (Wildman–Crippen LogP) is 3.67. The molecule has 8 heteroatoms. The Morgan fingerprint density at radius 3 is 2.61 bits per heavy atom. The number of hydrogen-bond donors (Lipinski definition) is 1. The van der Waals surface area contributed by atoms with Gasteiger partial charge in [0.05, 0.1) is 12.1 Å². The van der Waals surface area contributed by atoms with Gasteiger partial charge in [-0.2, -0.15) is 4.31 Å². The number of halogens is 1. The van der Waals surface area contributed by atoms with Gasteiger partial charge in [-0.05, 0) is 43.5 Å². The highest BCUT2D eigenvalue weighted by atomic mass is 35.5. The third kappa shape index (κ3) is 3.87. The number of carbonyl (C=O) groups excluding carboxylic acids is 1. The van der Waals surface area contributed by atoms with Crippen molar-refractivity contribution in [3.63, 3.8) is 0 Å². The molecule has 0 saturated carbocycles. The average molecular weight is 423 g/mol. The number of hydrogen-bond acceptors (Lipinski definition) is 4. The van der Waals surface area contributed by atoms with Gasteiger partial charge >= 0.3 is 0 Å². The van der Waals surface area contributed by atoms with Crippen LogP contribution in [0.1, 0.15) is 25.3 Å². The lowest BCUT2D eigenvalue weighted by Crippen LogP contribution is -2.56. The van der Waals surface area contributed by atoms with Crippen LogP contribution in [-0.2, 0) is 21.4 Å². The first-order chi connectivity index (χ1) is 13.3. The quantitative estimate of drug-likeness (QED) is 0.797. The van der Waals surface area contributed by atoms with E-state index in [1.165, 1.54) is 18.3 Å². The molecule has 0 bridgehead atoms. The molecule has 2 aromatic carbocycles. The van der Waals surface area contributed by atoms with Crippen LogP contribution in [0.3, 0.4) is 0 Å². The number of nitrogens with one attached hydrogen (secondary N) is 1. The maximum atomic E-state index is 13.3. The van der Waals surface area contributed by atoms with Crippen molar-refractivity contribution in [1.82, 2.24) is 4.31 Å². The summed E-state index contributed by atoms with van der Waals surface area (Å²) in [7, 11) is -2.34. The molecule has 1 saturated heterocycles. The molecule has 0 unspecified atom stereocenters. The van der Waals surface area contributed by atoms with Crippen LogP contribution in [0.2, 0.25) is 5.02 Å². The second-order valence-corrected chi connectivity index (χ2v) is 9.74. The maximum absolute atomic E-state index is 13.3. The number of amides is 1. The second kappa shape index (κ2) is 8.11. The van der Waals surface area contributed by atoms with Gasteiger partial charge in [0.25, 0.3) is 0 Å². The van der Waals surface area contributed by atoms with E-state index in [1.807, 2.05) is 30.3 Å². The summed E-state index contributed by atoms with van der Waals surface area (Å²) in [6.45, 7) is 2.13. The molecule has 3 rings (SSSR count). The third-order valence-electron chi connectivity index (χ3n) is 5.06. The molecule has 1 heterocycles. The minimum atomic E-state index is -3.84. The molecule has 1 aliphatic rings. The number of sulfonamides is 1. The van der Waals surface area contributed by atoms with E-state index in [-0.39, 0.29) is 13.0 Å². The molecule has 1 aliphatic heterocycles. The monoisotopic (exact) mass is 422 g/mol. The van der Waals surface area contributed by atoms with Crippen LogP contribution in [0.15, 0.2) is 48.5 Å². The Bertz CT molecular complexity index is 965. The van der Waals surface area contributed by atoms with Crippen molar-refractivity contribution < 1.29 is 17.9 Å².